The Morgan fingerprint density at radius 1 is 0.641 bits per heavy atom. The predicted octanol–water partition coefficient (Wildman–Crippen LogP) is -1.62. The monoisotopic (exact) mass is 1470 g/mol. The van der Waals surface area contributed by atoms with Gasteiger partial charge in [0, 0.05) is 81.0 Å². The van der Waals surface area contributed by atoms with Gasteiger partial charge in [0.25, 0.3) is 0 Å². The summed E-state index contributed by atoms with van der Waals surface area (Å²) < 4.78 is 0. The molecule has 5 heterocycles. The van der Waals surface area contributed by atoms with Crippen molar-refractivity contribution in [3.8, 4) is 0 Å². The lowest BCUT2D eigenvalue weighted by Gasteiger charge is -2.33. The lowest BCUT2D eigenvalue weighted by Crippen LogP contribution is -2.61. The number of nitrogens with zero attached hydrogens (tertiary/aromatic N) is 4. The Labute approximate surface area is 601 Å². The van der Waals surface area contributed by atoms with Gasteiger partial charge in [-0.2, -0.15) is 0 Å². The molecule has 4 aliphatic rings. The molecule has 0 bridgehead atoms. The smallest absolute Gasteiger partial charge is 0.305 e. The van der Waals surface area contributed by atoms with Crippen LogP contribution in [0.5, 0.6) is 0 Å². The minimum atomic E-state index is -1.61. The van der Waals surface area contributed by atoms with Gasteiger partial charge in [-0.1, -0.05) is 82.3 Å². The maximum Gasteiger partial charge on any atom is 0.305 e. The molecule has 0 radical (unpaired) electrons. The van der Waals surface area contributed by atoms with E-state index in [4.69, 9.17) is 22.9 Å². The number of carboxylic acid groups (broad SMARTS) is 2. The van der Waals surface area contributed by atoms with E-state index < -0.39 is 169 Å². The number of aromatic nitrogens is 1. The highest BCUT2D eigenvalue weighted by atomic mass is 33.1. The van der Waals surface area contributed by atoms with Crippen molar-refractivity contribution in [2.75, 3.05) is 44.2 Å². The summed E-state index contributed by atoms with van der Waals surface area (Å²) in [5.74, 6) is -13.5. The van der Waals surface area contributed by atoms with E-state index in [1.165, 1.54) is 14.7 Å². The van der Waals surface area contributed by atoms with Gasteiger partial charge in [0.15, 0.2) is 5.96 Å². The molecule has 1 aromatic heterocycles. The quantitative estimate of drug-likeness (QED) is 0.0153. The number of primary amides is 1. The Hall–Kier alpha value is -10.0. The van der Waals surface area contributed by atoms with Crippen LogP contribution in [0.3, 0.4) is 0 Å². The van der Waals surface area contributed by atoms with Crippen LogP contribution >= 0.6 is 21.6 Å². The third-order valence-corrected chi connectivity index (χ3v) is 20.9. The van der Waals surface area contributed by atoms with E-state index in [0.29, 0.717) is 41.3 Å². The number of aliphatic imine (C=N–C) groups is 1. The largest absolute Gasteiger partial charge is 0.481 e. The lowest BCUT2D eigenvalue weighted by atomic mass is 9.99. The normalized spacial score (nSPS) is 23.2. The molecule has 556 valence electrons. The first-order valence-electron chi connectivity index (χ1n) is 34.4. The van der Waals surface area contributed by atoms with Crippen molar-refractivity contribution in [3.05, 3.63) is 84.1 Å². The molecule has 35 heteroatoms. The minimum Gasteiger partial charge on any atom is -0.481 e. The molecule has 19 N–H and O–H groups in total. The van der Waals surface area contributed by atoms with Gasteiger partial charge in [-0.05, 0) is 112 Å². The van der Waals surface area contributed by atoms with E-state index in [2.05, 4.69) is 52.5 Å². The number of amides is 12. The first-order valence-corrected chi connectivity index (χ1v) is 36.9. The number of benzene rings is 3. The number of H-pyrrole nitrogens is 1. The fraction of sp³-hybridized carbons (Fsp3) is 0.515. The summed E-state index contributed by atoms with van der Waals surface area (Å²) in [4.78, 5) is 208. The summed E-state index contributed by atoms with van der Waals surface area (Å²) in [5.41, 5.74) is 24.3. The second-order valence-corrected chi connectivity index (χ2v) is 28.5. The number of carboxylic acids is 2. The topological polar surface area (TPSA) is 518 Å². The van der Waals surface area contributed by atoms with Gasteiger partial charge in [-0.25, -0.2) is 0 Å². The number of guanidine groups is 1. The van der Waals surface area contributed by atoms with E-state index in [9.17, 15) is 53.4 Å². The Morgan fingerprint density at radius 3 is 1.99 bits per heavy atom. The lowest BCUT2D eigenvalue weighted by molar-refractivity contribution is -0.148. The van der Waals surface area contributed by atoms with Gasteiger partial charge in [0.2, 0.25) is 70.9 Å². The number of hydrogen-bond acceptors (Lipinski definition) is 18. The first-order chi connectivity index (χ1) is 49.3. The molecule has 4 fully saturated rings. The number of aliphatic carboxylic acids is 2. The van der Waals surface area contributed by atoms with Crippen molar-refractivity contribution >= 4 is 132 Å². The highest BCUT2D eigenvalue weighted by Gasteiger charge is 2.46. The fourth-order valence-corrected chi connectivity index (χ4v) is 15.5. The Morgan fingerprint density at radius 2 is 1.28 bits per heavy atom. The zero-order valence-corrected chi connectivity index (χ0v) is 58.7. The van der Waals surface area contributed by atoms with Gasteiger partial charge < -0.3 is 95.4 Å². The van der Waals surface area contributed by atoms with Crippen LogP contribution in [0.15, 0.2) is 77.9 Å². The molecule has 4 saturated heterocycles. The van der Waals surface area contributed by atoms with E-state index in [1.807, 2.05) is 36.4 Å². The number of likely N-dealkylation sites (tertiary alicyclic amines) is 2. The van der Waals surface area contributed by atoms with Crippen molar-refractivity contribution in [1.82, 2.24) is 62.2 Å². The van der Waals surface area contributed by atoms with E-state index in [-0.39, 0.29) is 114 Å². The van der Waals surface area contributed by atoms with Gasteiger partial charge >= 0.3 is 11.9 Å². The van der Waals surface area contributed by atoms with Crippen molar-refractivity contribution < 1.29 is 77.3 Å². The molecule has 0 aliphatic carbocycles. The molecule has 103 heavy (non-hydrogen) atoms. The average molecular weight is 1470 g/mol. The maximum atomic E-state index is 15.6. The van der Waals surface area contributed by atoms with Crippen molar-refractivity contribution in [2.45, 2.75) is 176 Å². The number of unbranched alkanes of at least 4 members (excludes halogenated alkanes) is 1. The van der Waals surface area contributed by atoms with Crippen LogP contribution in [-0.4, -0.2) is 229 Å². The van der Waals surface area contributed by atoms with E-state index in [1.54, 1.807) is 36.5 Å². The number of rotatable bonds is 25. The second kappa shape index (κ2) is 37.8. The third kappa shape index (κ3) is 22.0. The number of nitrogens with two attached hydrogens (primary N) is 4. The van der Waals surface area contributed by atoms with Crippen LogP contribution in [-0.2, 0) is 80.0 Å². The molecule has 0 unspecified atom stereocenters. The zero-order valence-electron chi connectivity index (χ0n) is 57.1. The molecule has 0 spiro atoms. The molecule has 11 atom stereocenters. The number of carbonyl (C=O) groups excluding carboxylic acids is 12. The van der Waals surface area contributed by atoms with Crippen LogP contribution in [0.1, 0.15) is 108 Å². The number of para-hydroxylation sites is 1. The van der Waals surface area contributed by atoms with Gasteiger partial charge in [-0.3, -0.25) is 72.1 Å². The van der Waals surface area contributed by atoms with Crippen LogP contribution in [0.4, 0.5) is 0 Å². The van der Waals surface area contributed by atoms with Crippen LogP contribution < -0.4 is 65.5 Å². The summed E-state index contributed by atoms with van der Waals surface area (Å²) >= 11 is 0. The Bertz CT molecular complexity index is 3840. The predicted molar refractivity (Wildman–Crippen MR) is 381 cm³/mol. The number of aromatic amines is 1. The van der Waals surface area contributed by atoms with Crippen LogP contribution in [0.25, 0.3) is 21.7 Å². The van der Waals surface area contributed by atoms with Gasteiger partial charge in [0.05, 0.1) is 6.42 Å². The number of hydrogen-bond donors (Lipinski definition) is 15. The van der Waals surface area contributed by atoms with Crippen molar-refractivity contribution in [2.24, 2.45) is 27.9 Å². The highest BCUT2D eigenvalue weighted by Crippen LogP contribution is 2.30. The molecular weight excluding hydrogens is 1370 g/mol. The number of fused-ring (bicyclic) bond motifs is 3. The second-order valence-electron chi connectivity index (χ2n) is 25.9. The summed E-state index contributed by atoms with van der Waals surface area (Å²) in [7, 11) is 1.94. The molecular formula is C68H91N17O16S2. The molecule has 3 aromatic carbocycles. The van der Waals surface area contributed by atoms with Gasteiger partial charge in [0.1, 0.15) is 66.5 Å². The maximum absolute atomic E-state index is 15.6. The standard InChI is InChI=1S/C68H91N17O16S2/c1-37(86)75-50-35-102-103-36-51(66(100)85-29-11-20-54(85)67(101)84-28-10-19-53(84)63(97)77-44(16-6-7-25-69)58(92)79-47(57(70)91)33-56(89)90)82-61(95)49(32-41-34-74-43-15-5-4-14-42(41)43)80-59(93)45(17-8-26-73-68(71)72)76-60(94)48(31-38-21-22-39-12-2-3-13-40(39)30-38)81-64(98)52-18-9-27-83(52)65(99)46(78-62(50)96)23-24-55(87)88/h2-5,12-15,21-22,30,34,44-54,74H,6-11,16-20,23-29,31-33,35-36,69H2,1H3,(H2,70,91)(H,75,86)(H,76,94)(H,77,97)(H,78,96)(H,79,92)(H,80,93)(H,81,98)(H,82,95)(H,87,88)(H,89,90)(H4,71,72,73)/t44-,45-,46-,47-,48+,49-,50-,51-,52-,53-,54-/m0/s1. The average Bonchev–Trinajstić information content (AvgIpc) is 1.71. The minimum absolute atomic E-state index is 0.00782. The highest BCUT2D eigenvalue weighted by molar-refractivity contribution is 8.76. The number of nitrogens with one attached hydrogen (secondary N) is 9. The SMILES string of the molecule is CC(=O)N[C@H]1CSSC[C@@H](C(=O)N2CCC[C@H]2C(=O)N2CCC[C@H]2C(=O)N[C@@H](CCCCN)C(=O)N[C@@H](CC(=O)O)C(N)=O)NC(=O)[C@H](Cc2c[nH]c3ccccc23)NC(=O)[C@H](CCCN=C(N)N)NC(=O)[C@@H](Cc2ccc3ccccc3c2)NC(=O)[C@@H]2CCCN2C(=O)[C@H](CCC(=O)O)NC1=O. The molecule has 33 nitrogen and oxygen atoms in total. The summed E-state index contributed by atoms with van der Waals surface area (Å²) in [6.07, 6.45) is 1.33. The molecule has 12 amide bonds. The van der Waals surface area contributed by atoms with Crippen molar-refractivity contribution in [1.29, 1.82) is 0 Å². The molecule has 4 aliphatic heterocycles. The van der Waals surface area contributed by atoms with Crippen LogP contribution in [0, 0.1) is 0 Å². The summed E-state index contributed by atoms with van der Waals surface area (Å²) in [5, 5.41) is 43.1. The summed E-state index contributed by atoms with van der Waals surface area (Å²) in [6, 6.07) is 4.49. The molecule has 4 aromatic rings. The Balaban J connectivity index is 1.15. The first kappa shape index (κ1) is 78.7. The van der Waals surface area contributed by atoms with Crippen molar-refractivity contribution in [3.63, 3.8) is 0 Å². The van der Waals surface area contributed by atoms with Crippen LogP contribution in [0.2, 0.25) is 0 Å². The number of carbonyl (C=O) groups is 14. The van der Waals surface area contributed by atoms with E-state index >= 15 is 24.0 Å². The third-order valence-electron chi connectivity index (χ3n) is 18.4. The summed E-state index contributed by atoms with van der Waals surface area (Å²) in [6.45, 7) is 1.39. The fourth-order valence-electron chi connectivity index (χ4n) is 13.2. The molecule has 8 rings (SSSR count). The molecule has 0 saturated carbocycles. The van der Waals surface area contributed by atoms with E-state index in [0.717, 1.165) is 39.3 Å². The van der Waals surface area contributed by atoms with Gasteiger partial charge in [-0.15, -0.1) is 0 Å². The Kier molecular flexibility index (Phi) is 28.8. The zero-order chi connectivity index (χ0) is 74.4.